The topological polar surface area (TPSA) is 85.6 Å². The number of halogens is 1. The number of aliphatic imine (C=N–C) groups is 1. The summed E-state index contributed by atoms with van der Waals surface area (Å²) in [7, 11) is 5.26. The lowest BCUT2D eigenvalue weighted by atomic mass is 9.78. The first kappa shape index (κ1) is 24.8. The van der Waals surface area contributed by atoms with Crippen LogP contribution in [0.3, 0.4) is 0 Å². The van der Waals surface area contributed by atoms with E-state index in [1.807, 2.05) is 17.8 Å². The summed E-state index contributed by atoms with van der Waals surface area (Å²) in [5.74, 6) is 3.61. The molecular formula is C23H35IN6O2. The maximum absolute atomic E-state index is 5.69. The number of nitrogens with zero attached hydrogens (tertiary/aromatic N) is 4. The molecule has 1 unspecified atom stereocenters. The highest BCUT2D eigenvalue weighted by Crippen LogP contribution is 2.44. The molecule has 1 fully saturated rings. The van der Waals surface area contributed by atoms with Gasteiger partial charge in [-0.2, -0.15) is 5.10 Å². The van der Waals surface area contributed by atoms with E-state index in [0.717, 1.165) is 62.1 Å². The quantitative estimate of drug-likeness (QED) is 0.311. The lowest BCUT2D eigenvalue weighted by Crippen LogP contribution is -2.50. The molecule has 1 aromatic carbocycles. The molecule has 1 aromatic heterocycles. The molecule has 4 rings (SSSR count). The molecule has 0 bridgehead atoms. The highest BCUT2D eigenvalue weighted by molar-refractivity contribution is 14.0. The monoisotopic (exact) mass is 554 g/mol. The predicted octanol–water partition coefficient (Wildman–Crippen LogP) is 3.04. The van der Waals surface area contributed by atoms with Crippen LogP contribution in [-0.2, 0) is 29.7 Å². The molecule has 176 valence electrons. The van der Waals surface area contributed by atoms with Crippen LogP contribution in [0.2, 0.25) is 0 Å². The van der Waals surface area contributed by atoms with E-state index in [9.17, 15) is 0 Å². The molecule has 1 saturated carbocycles. The van der Waals surface area contributed by atoms with Gasteiger partial charge in [-0.25, -0.2) is 9.67 Å². The van der Waals surface area contributed by atoms with E-state index in [1.54, 1.807) is 14.2 Å². The van der Waals surface area contributed by atoms with Crippen molar-refractivity contribution in [2.24, 2.45) is 4.99 Å². The van der Waals surface area contributed by atoms with Crippen LogP contribution in [-0.4, -0.2) is 54.6 Å². The Morgan fingerprint density at radius 1 is 1.25 bits per heavy atom. The summed E-state index contributed by atoms with van der Waals surface area (Å²) in [5, 5.41) is 11.8. The number of methoxy groups -OCH3 is 2. The van der Waals surface area contributed by atoms with E-state index in [4.69, 9.17) is 9.47 Å². The summed E-state index contributed by atoms with van der Waals surface area (Å²) >= 11 is 0. The van der Waals surface area contributed by atoms with Gasteiger partial charge >= 0.3 is 0 Å². The smallest absolute Gasteiger partial charge is 0.191 e. The minimum absolute atomic E-state index is 0. The maximum Gasteiger partial charge on any atom is 0.191 e. The third kappa shape index (κ3) is 5.36. The van der Waals surface area contributed by atoms with Crippen LogP contribution >= 0.6 is 24.0 Å². The van der Waals surface area contributed by atoms with E-state index in [0.29, 0.717) is 6.61 Å². The summed E-state index contributed by atoms with van der Waals surface area (Å²) in [6, 6.07) is 8.70. The Morgan fingerprint density at radius 3 is 2.75 bits per heavy atom. The van der Waals surface area contributed by atoms with Gasteiger partial charge in [-0.05, 0) is 25.3 Å². The first-order valence-corrected chi connectivity index (χ1v) is 11.2. The number of ether oxygens (including phenoxy) is 2. The van der Waals surface area contributed by atoms with Gasteiger partial charge in [-0.3, -0.25) is 4.99 Å². The van der Waals surface area contributed by atoms with Crippen LogP contribution < -0.4 is 15.4 Å². The molecule has 9 heteroatoms. The lowest BCUT2D eigenvalue weighted by Gasteiger charge is -2.33. The van der Waals surface area contributed by atoms with Crippen LogP contribution in [0.4, 0.5) is 0 Å². The van der Waals surface area contributed by atoms with Crippen molar-refractivity contribution in [3.05, 3.63) is 41.5 Å². The van der Waals surface area contributed by atoms with Gasteiger partial charge in [0, 0.05) is 44.1 Å². The number of hydrogen-bond acceptors (Lipinski definition) is 5. The Balaban J connectivity index is 0.00000289. The van der Waals surface area contributed by atoms with Crippen LogP contribution in [0.15, 0.2) is 29.3 Å². The van der Waals surface area contributed by atoms with E-state index in [-0.39, 0.29) is 35.4 Å². The summed E-state index contributed by atoms with van der Waals surface area (Å²) < 4.78 is 12.9. The SMILES string of the molecule is CN=C(NCC1(c2ccccc2OC)CCCC1)NC1CCc2nc(COC)nn2C1.I. The third-order valence-corrected chi connectivity index (χ3v) is 6.57. The van der Waals surface area contributed by atoms with E-state index >= 15 is 0 Å². The molecule has 0 saturated heterocycles. The molecule has 2 aromatic rings. The third-order valence-electron chi connectivity index (χ3n) is 6.57. The van der Waals surface area contributed by atoms with Crippen molar-refractivity contribution in [1.29, 1.82) is 0 Å². The van der Waals surface area contributed by atoms with E-state index in [1.165, 1.54) is 18.4 Å². The predicted molar refractivity (Wildman–Crippen MR) is 136 cm³/mol. The van der Waals surface area contributed by atoms with Crippen molar-refractivity contribution in [3.8, 4) is 5.75 Å². The highest BCUT2D eigenvalue weighted by Gasteiger charge is 2.38. The molecule has 1 aliphatic carbocycles. The Morgan fingerprint density at radius 2 is 2.03 bits per heavy atom. The molecule has 2 aliphatic rings. The minimum Gasteiger partial charge on any atom is -0.496 e. The summed E-state index contributed by atoms with van der Waals surface area (Å²) in [5.41, 5.74) is 1.37. The van der Waals surface area contributed by atoms with Crippen LogP contribution in [0.5, 0.6) is 5.75 Å². The van der Waals surface area contributed by atoms with Crippen LogP contribution in [0, 0.1) is 0 Å². The number of hydrogen-bond donors (Lipinski definition) is 2. The number of nitrogens with one attached hydrogen (secondary N) is 2. The van der Waals surface area contributed by atoms with Gasteiger partial charge in [0.2, 0.25) is 0 Å². The molecule has 1 atom stereocenters. The van der Waals surface area contributed by atoms with Gasteiger partial charge in [0.05, 0.1) is 13.7 Å². The molecule has 0 amide bonds. The number of rotatable bonds is 7. The fourth-order valence-electron chi connectivity index (χ4n) is 4.99. The van der Waals surface area contributed by atoms with Gasteiger partial charge < -0.3 is 20.1 Å². The zero-order valence-electron chi connectivity index (χ0n) is 19.3. The van der Waals surface area contributed by atoms with E-state index in [2.05, 4.69) is 43.9 Å². The Hall–Kier alpha value is -1.88. The van der Waals surface area contributed by atoms with Crippen molar-refractivity contribution in [2.75, 3.05) is 27.8 Å². The van der Waals surface area contributed by atoms with Crippen molar-refractivity contribution in [1.82, 2.24) is 25.4 Å². The van der Waals surface area contributed by atoms with Crippen molar-refractivity contribution < 1.29 is 9.47 Å². The Labute approximate surface area is 207 Å². The molecule has 0 radical (unpaired) electrons. The van der Waals surface area contributed by atoms with Crippen molar-refractivity contribution in [3.63, 3.8) is 0 Å². The fourth-order valence-corrected chi connectivity index (χ4v) is 4.99. The van der Waals surface area contributed by atoms with Crippen molar-refractivity contribution >= 4 is 29.9 Å². The number of aromatic nitrogens is 3. The molecular weight excluding hydrogens is 519 g/mol. The van der Waals surface area contributed by atoms with Crippen molar-refractivity contribution in [2.45, 2.75) is 63.1 Å². The molecule has 32 heavy (non-hydrogen) atoms. The number of para-hydroxylation sites is 1. The zero-order valence-corrected chi connectivity index (χ0v) is 21.6. The number of aryl methyl sites for hydroxylation is 1. The lowest BCUT2D eigenvalue weighted by molar-refractivity contribution is 0.177. The van der Waals surface area contributed by atoms with Crippen LogP contribution in [0.1, 0.15) is 49.3 Å². The second-order valence-electron chi connectivity index (χ2n) is 8.55. The first-order valence-electron chi connectivity index (χ1n) is 11.2. The number of fused-ring (bicyclic) bond motifs is 1. The molecule has 0 spiro atoms. The Kier molecular flexibility index (Phi) is 8.75. The van der Waals surface area contributed by atoms with Crippen LogP contribution in [0.25, 0.3) is 0 Å². The standard InChI is InChI=1S/C23H34N6O2.HI/c1-24-22(26-17-10-11-21-27-20(15-30-2)28-29(21)14-17)25-16-23(12-6-7-13-23)18-8-4-5-9-19(18)31-3;/h4-5,8-9,17H,6-7,10-16H2,1-3H3,(H2,24,25,26);1H. The van der Waals surface area contributed by atoms with Gasteiger partial charge in [0.1, 0.15) is 18.2 Å². The van der Waals surface area contributed by atoms with Gasteiger partial charge in [-0.1, -0.05) is 31.0 Å². The molecule has 2 N–H and O–H groups in total. The molecule has 1 aliphatic heterocycles. The second kappa shape index (κ2) is 11.3. The fraction of sp³-hybridized carbons (Fsp3) is 0.609. The van der Waals surface area contributed by atoms with E-state index < -0.39 is 0 Å². The Bertz CT molecular complexity index is 910. The zero-order chi connectivity index (χ0) is 21.7. The highest BCUT2D eigenvalue weighted by atomic mass is 127. The average Bonchev–Trinajstić information content (AvgIpc) is 3.44. The summed E-state index contributed by atoms with van der Waals surface area (Å²) in [6.07, 6.45) is 6.71. The van der Waals surface area contributed by atoms with Gasteiger partial charge in [-0.15, -0.1) is 24.0 Å². The maximum atomic E-state index is 5.69. The second-order valence-corrected chi connectivity index (χ2v) is 8.55. The summed E-state index contributed by atoms with van der Waals surface area (Å²) in [6.45, 7) is 2.07. The first-order chi connectivity index (χ1) is 15.2. The average molecular weight is 554 g/mol. The van der Waals surface area contributed by atoms with Gasteiger partial charge in [0.15, 0.2) is 11.8 Å². The summed E-state index contributed by atoms with van der Waals surface area (Å²) in [4.78, 5) is 9.06. The normalized spacial score (nSPS) is 19.7. The van der Waals surface area contributed by atoms with Gasteiger partial charge in [0.25, 0.3) is 0 Å². The number of guanidine groups is 1. The number of benzene rings is 1. The molecule has 8 nitrogen and oxygen atoms in total. The minimum atomic E-state index is 0. The molecule has 2 heterocycles. The largest absolute Gasteiger partial charge is 0.496 e.